The molecular formula is C12H16BrN3O3. The van der Waals surface area contributed by atoms with Crippen molar-refractivity contribution in [3.63, 3.8) is 0 Å². The highest BCUT2D eigenvalue weighted by molar-refractivity contribution is 9.10. The maximum absolute atomic E-state index is 12.0. The van der Waals surface area contributed by atoms with Gasteiger partial charge in [-0.1, -0.05) is 0 Å². The largest absolute Gasteiger partial charge is 0.394 e. The second-order valence-corrected chi connectivity index (χ2v) is 5.78. The van der Waals surface area contributed by atoms with Gasteiger partial charge in [0.15, 0.2) is 0 Å². The number of aliphatic hydroxyl groups is 1. The number of aliphatic hydroxyl groups excluding tert-OH is 1. The molecule has 2 fully saturated rings. The van der Waals surface area contributed by atoms with Crippen molar-refractivity contribution < 1.29 is 9.84 Å². The molecule has 3 atom stereocenters. The molecule has 0 saturated carbocycles. The summed E-state index contributed by atoms with van der Waals surface area (Å²) in [6, 6.07) is 0.255. The number of hydrogen-bond donors (Lipinski definition) is 2. The molecule has 2 aliphatic heterocycles. The van der Waals surface area contributed by atoms with Gasteiger partial charge >= 0.3 is 0 Å². The Balaban J connectivity index is 1.78. The fourth-order valence-electron chi connectivity index (χ4n) is 2.81. The average Bonchev–Trinajstić information content (AvgIpc) is 3.01. The summed E-state index contributed by atoms with van der Waals surface area (Å²) in [6.45, 7) is 0.0985. The van der Waals surface area contributed by atoms with Crippen LogP contribution in [0.3, 0.4) is 0 Å². The minimum absolute atomic E-state index is 0.105. The van der Waals surface area contributed by atoms with Crippen molar-refractivity contribution in [2.24, 2.45) is 0 Å². The van der Waals surface area contributed by atoms with Crippen LogP contribution in [-0.4, -0.2) is 39.7 Å². The van der Waals surface area contributed by atoms with Crippen molar-refractivity contribution in [3.8, 4) is 0 Å². The van der Waals surface area contributed by atoms with Crippen LogP contribution in [0.4, 0.5) is 5.69 Å². The fraction of sp³-hybridized carbons (Fsp3) is 0.667. The number of nitrogens with zero attached hydrogens (tertiary/aromatic N) is 2. The number of ether oxygens (including phenoxy) is 1. The topological polar surface area (TPSA) is 76.4 Å². The standard InChI is InChI=1S/C12H16BrN3O3/c13-11-9(6-14-16(3-4-17)12(11)18)15-8-5-7-1-2-10(8)19-7/h6-8,10,15,17H,1-5H2. The van der Waals surface area contributed by atoms with Crippen LogP contribution >= 0.6 is 15.9 Å². The molecule has 0 aliphatic carbocycles. The van der Waals surface area contributed by atoms with E-state index in [9.17, 15) is 4.79 Å². The Morgan fingerprint density at radius 3 is 3.05 bits per heavy atom. The lowest BCUT2D eigenvalue weighted by Crippen LogP contribution is -2.32. The van der Waals surface area contributed by atoms with Crippen LogP contribution in [0.1, 0.15) is 19.3 Å². The molecule has 6 nitrogen and oxygen atoms in total. The number of anilines is 1. The molecule has 3 rings (SSSR count). The monoisotopic (exact) mass is 329 g/mol. The summed E-state index contributed by atoms with van der Waals surface area (Å²) >= 11 is 3.30. The lowest BCUT2D eigenvalue weighted by Gasteiger charge is -2.21. The van der Waals surface area contributed by atoms with Crippen LogP contribution in [0.25, 0.3) is 0 Å². The Kier molecular flexibility index (Phi) is 3.60. The zero-order chi connectivity index (χ0) is 13.4. The summed E-state index contributed by atoms with van der Waals surface area (Å²) in [7, 11) is 0. The van der Waals surface area contributed by atoms with Crippen LogP contribution in [0, 0.1) is 0 Å². The van der Waals surface area contributed by atoms with E-state index >= 15 is 0 Å². The fourth-order valence-corrected chi connectivity index (χ4v) is 3.23. The van der Waals surface area contributed by atoms with Gasteiger partial charge in [-0.2, -0.15) is 5.10 Å². The third-order valence-corrected chi connectivity index (χ3v) is 4.51. The van der Waals surface area contributed by atoms with Gasteiger partial charge in [-0.15, -0.1) is 0 Å². The molecule has 7 heteroatoms. The van der Waals surface area contributed by atoms with E-state index in [1.807, 2.05) is 0 Å². The molecule has 1 aromatic heterocycles. The predicted molar refractivity (Wildman–Crippen MR) is 73.2 cm³/mol. The van der Waals surface area contributed by atoms with Crippen LogP contribution in [0.15, 0.2) is 15.5 Å². The highest BCUT2D eigenvalue weighted by Gasteiger charge is 2.40. The summed E-state index contributed by atoms with van der Waals surface area (Å²) in [5.74, 6) is 0. The van der Waals surface area contributed by atoms with Crippen LogP contribution < -0.4 is 10.9 Å². The van der Waals surface area contributed by atoms with Crippen molar-refractivity contribution in [2.75, 3.05) is 11.9 Å². The van der Waals surface area contributed by atoms with Crippen molar-refractivity contribution in [1.29, 1.82) is 0 Å². The highest BCUT2D eigenvalue weighted by Crippen LogP contribution is 2.36. The van der Waals surface area contributed by atoms with Gasteiger partial charge in [0.2, 0.25) is 0 Å². The lowest BCUT2D eigenvalue weighted by molar-refractivity contribution is 0.102. The van der Waals surface area contributed by atoms with Gasteiger partial charge in [-0.05, 0) is 35.2 Å². The highest BCUT2D eigenvalue weighted by atomic mass is 79.9. The molecule has 2 saturated heterocycles. The van der Waals surface area contributed by atoms with E-state index in [2.05, 4.69) is 26.3 Å². The van der Waals surface area contributed by atoms with E-state index in [-0.39, 0.29) is 30.9 Å². The van der Waals surface area contributed by atoms with Crippen LogP contribution in [0.5, 0.6) is 0 Å². The van der Waals surface area contributed by atoms with E-state index in [4.69, 9.17) is 9.84 Å². The molecule has 0 aromatic carbocycles. The third-order valence-electron chi connectivity index (χ3n) is 3.74. The van der Waals surface area contributed by atoms with Gasteiger partial charge in [0.25, 0.3) is 5.56 Å². The molecule has 19 heavy (non-hydrogen) atoms. The molecule has 0 radical (unpaired) electrons. The Morgan fingerprint density at radius 1 is 1.58 bits per heavy atom. The summed E-state index contributed by atoms with van der Waals surface area (Å²) in [6.07, 6.45) is 5.43. The first-order valence-corrected chi connectivity index (χ1v) is 7.27. The predicted octanol–water partition coefficient (Wildman–Crippen LogP) is 0.730. The quantitative estimate of drug-likeness (QED) is 0.851. The summed E-state index contributed by atoms with van der Waals surface area (Å²) in [4.78, 5) is 12.0. The Labute approximate surface area is 118 Å². The molecule has 104 valence electrons. The second kappa shape index (κ2) is 5.22. The van der Waals surface area contributed by atoms with E-state index in [0.29, 0.717) is 16.3 Å². The Morgan fingerprint density at radius 2 is 2.42 bits per heavy atom. The van der Waals surface area contributed by atoms with E-state index in [1.54, 1.807) is 6.20 Å². The van der Waals surface area contributed by atoms with E-state index < -0.39 is 0 Å². The van der Waals surface area contributed by atoms with Crippen molar-refractivity contribution >= 4 is 21.6 Å². The number of rotatable bonds is 4. The molecule has 0 amide bonds. The van der Waals surface area contributed by atoms with Crippen molar-refractivity contribution in [1.82, 2.24) is 9.78 Å². The average molecular weight is 330 g/mol. The molecule has 2 bridgehead atoms. The van der Waals surface area contributed by atoms with Gasteiger partial charge < -0.3 is 15.2 Å². The van der Waals surface area contributed by atoms with Gasteiger partial charge in [-0.25, -0.2) is 4.68 Å². The normalized spacial score (nSPS) is 28.8. The van der Waals surface area contributed by atoms with Crippen LogP contribution in [0.2, 0.25) is 0 Å². The number of nitrogens with one attached hydrogen (secondary N) is 1. The molecule has 1 aromatic rings. The number of halogens is 1. The maximum Gasteiger partial charge on any atom is 0.283 e. The zero-order valence-electron chi connectivity index (χ0n) is 10.4. The molecule has 2 aliphatic rings. The molecule has 3 unspecified atom stereocenters. The lowest BCUT2D eigenvalue weighted by atomic mass is 9.95. The number of aromatic nitrogens is 2. The smallest absolute Gasteiger partial charge is 0.283 e. The second-order valence-electron chi connectivity index (χ2n) is 4.98. The van der Waals surface area contributed by atoms with E-state index in [0.717, 1.165) is 19.3 Å². The van der Waals surface area contributed by atoms with Gasteiger partial charge in [0, 0.05) is 0 Å². The molecule has 2 N–H and O–H groups in total. The maximum atomic E-state index is 12.0. The number of fused-ring (bicyclic) bond motifs is 2. The summed E-state index contributed by atoms with van der Waals surface area (Å²) < 4.78 is 7.47. The summed E-state index contributed by atoms with van der Waals surface area (Å²) in [5, 5.41) is 16.2. The van der Waals surface area contributed by atoms with Crippen molar-refractivity contribution in [2.45, 2.75) is 44.1 Å². The third kappa shape index (κ3) is 2.42. The first-order chi connectivity index (χ1) is 9.19. The number of hydrogen-bond acceptors (Lipinski definition) is 5. The van der Waals surface area contributed by atoms with Crippen LogP contribution in [-0.2, 0) is 11.3 Å². The first-order valence-electron chi connectivity index (χ1n) is 6.47. The van der Waals surface area contributed by atoms with Gasteiger partial charge in [-0.3, -0.25) is 4.79 Å². The molecular weight excluding hydrogens is 314 g/mol. The van der Waals surface area contributed by atoms with E-state index in [1.165, 1.54) is 4.68 Å². The Bertz CT molecular complexity index is 533. The SMILES string of the molecule is O=c1c(Br)c(NC2CC3CCC2O3)cnn1CCO. The zero-order valence-corrected chi connectivity index (χ0v) is 12.0. The van der Waals surface area contributed by atoms with Gasteiger partial charge in [0.1, 0.15) is 4.47 Å². The first kappa shape index (κ1) is 13.1. The molecule has 3 heterocycles. The summed E-state index contributed by atoms with van der Waals surface area (Å²) in [5.41, 5.74) is 0.462. The minimum Gasteiger partial charge on any atom is -0.394 e. The Hall–Kier alpha value is -0.920. The minimum atomic E-state index is -0.233. The van der Waals surface area contributed by atoms with Crippen molar-refractivity contribution in [3.05, 3.63) is 21.0 Å². The molecule has 0 spiro atoms. The van der Waals surface area contributed by atoms with Gasteiger partial charge in [0.05, 0.1) is 43.3 Å².